The van der Waals surface area contributed by atoms with Gasteiger partial charge in [0.1, 0.15) is 5.78 Å². The monoisotopic (exact) mass is 198 g/mol. The van der Waals surface area contributed by atoms with E-state index in [1.165, 1.54) is 44.9 Å². The van der Waals surface area contributed by atoms with Gasteiger partial charge in [-0.3, -0.25) is 4.79 Å². The third kappa shape index (κ3) is 3.01. The molecule has 1 nitrogen and oxygen atoms in total. The molecule has 2 heteroatoms. The van der Waals surface area contributed by atoms with E-state index in [1.807, 2.05) is 11.8 Å². The van der Waals surface area contributed by atoms with E-state index < -0.39 is 0 Å². The molecule has 0 atom stereocenters. The average molecular weight is 198 g/mol. The molecule has 0 aromatic carbocycles. The van der Waals surface area contributed by atoms with Crippen molar-refractivity contribution in [3.05, 3.63) is 0 Å². The van der Waals surface area contributed by atoms with Gasteiger partial charge in [0.15, 0.2) is 0 Å². The SMILES string of the molecule is O=C(CSC1CCCCC1)C1CC1. The topological polar surface area (TPSA) is 17.1 Å². The fourth-order valence-electron chi connectivity index (χ4n) is 1.95. The number of carbonyl (C=O) groups excluding carboxylic acids is 1. The van der Waals surface area contributed by atoms with Crippen LogP contribution in [0, 0.1) is 5.92 Å². The van der Waals surface area contributed by atoms with Crippen molar-refractivity contribution < 1.29 is 4.79 Å². The molecular formula is C11H18OS. The largest absolute Gasteiger partial charge is 0.298 e. The maximum absolute atomic E-state index is 11.4. The minimum atomic E-state index is 0.469. The Balaban J connectivity index is 1.62. The summed E-state index contributed by atoms with van der Waals surface area (Å²) in [5.41, 5.74) is 0. The second-order valence-electron chi connectivity index (χ2n) is 4.31. The van der Waals surface area contributed by atoms with Gasteiger partial charge in [0.2, 0.25) is 0 Å². The van der Waals surface area contributed by atoms with Gasteiger partial charge in [0, 0.05) is 11.2 Å². The van der Waals surface area contributed by atoms with Crippen molar-refractivity contribution in [2.45, 2.75) is 50.2 Å². The van der Waals surface area contributed by atoms with Crippen molar-refractivity contribution in [1.29, 1.82) is 0 Å². The standard InChI is InChI=1S/C11H18OS/c12-11(9-6-7-9)8-13-10-4-2-1-3-5-10/h9-10H,1-8H2. The van der Waals surface area contributed by atoms with Gasteiger partial charge in [0.05, 0.1) is 5.75 Å². The van der Waals surface area contributed by atoms with Crippen LogP contribution >= 0.6 is 11.8 Å². The molecular weight excluding hydrogens is 180 g/mol. The maximum atomic E-state index is 11.4. The van der Waals surface area contributed by atoms with Crippen LogP contribution in [0.2, 0.25) is 0 Å². The van der Waals surface area contributed by atoms with Crippen LogP contribution in [0.1, 0.15) is 44.9 Å². The number of rotatable bonds is 4. The summed E-state index contributed by atoms with van der Waals surface area (Å²) in [5, 5.41) is 0.802. The van der Waals surface area contributed by atoms with Crippen LogP contribution in [0.5, 0.6) is 0 Å². The molecule has 13 heavy (non-hydrogen) atoms. The van der Waals surface area contributed by atoms with Crippen LogP contribution in [0.25, 0.3) is 0 Å². The van der Waals surface area contributed by atoms with Gasteiger partial charge in [0.25, 0.3) is 0 Å². The molecule has 2 fully saturated rings. The van der Waals surface area contributed by atoms with E-state index in [2.05, 4.69) is 0 Å². The van der Waals surface area contributed by atoms with Crippen LogP contribution in [0.4, 0.5) is 0 Å². The normalized spacial score (nSPS) is 24.6. The lowest BCUT2D eigenvalue weighted by atomic mass is 10.0. The Bertz CT molecular complexity index is 181. The Kier molecular flexibility index (Phi) is 3.31. The molecule has 0 spiro atoms. The van der Waals surface area contributed by atoms with Gasteiger partial charge in [-0.2, -0.15) is 11.8 Å². The highest BCUT2D eigenvalue weighted by molar-refractivity contribution is 8.00. The van der Waals surface area contributed by atoms with Crippen molar-refractivity contribution in [2.24, 2.45) is 5.92 Å². The molecule has 0 aromatic heterocycles. The number of hydrogen-bond donors (Lipinski definition) is 0. The first kappa shape index (κ1) is 9.57. The maximum Gasteiger partial charge on any atom is 0.145 e. The van der Waals surface area contributed by atoms with Gasteiger partial charge in [-0.25, -0.2) is 0 Å². The summed E-state index contributed by atoms with van der Waals surface area (Å²) in [6.07, 6.45) is 9.22. The molecule has 0 heterocycles. The van der Waals surface area contributed by atoms with Crippen molar-refractivity contribution in [3.63, 3.8) is 0 Å². The van der Waals surface area contributed by atoms with Gasteiger partial charge in [-0.05, 0) is 25.7 Å². The quantitative estimate of drug-likeness (QED) is 0.690. The molecule has 0 bridgehead atoms. The van der Waals surface area contributed by atoms with Crippen molar-refractivity contribution in [2.75, 3.05) is 5.75 Å². The summed E-state index contributed by atoms with van der Waals surface area (Å²) in [4.78, 5) is 11.4. The third-order valence-corrected chi connectivity index (χ3v) is 4.44. The molecule has 0 N–H and O–H groups in total. The number of carbonyl (C=O) groups is 1. The van der Waals surface area contributed by atoms with Gasteiger partial charge in [-0.15, -0.1) is 0 Å². The van der Waals surface area contributed by atoms with E-state index in [4.69, 9.17) is 0 Å². The highest BCUT2D eigenvalue weighted by Crippen LogP contribution is 2.33. The van der Waals surface area contributed by atoms with Crippen molar-refractivity contribution in [1.82, 2.24) is 0 Å². The summed E-state index contributed by atoms with van der Waals surface area (Å²) < 4.78 is 0. The Morgan fingerprint density at radius 2 is 1.77 bits per heavy atom. The number of hydrogen-bond acceptors (Lipinski definition) is 2. The minimum absolute atomic E-state index is 0.469. The molecule has 0 radical (unpaired) electrons. The Hall–Kier alpha value is 0.0200. The first-order valence-corrected chi connectivity index (χ1v) is 6.55. The van der Waals surface area contributed by atoms with Gasteiger partial charge in [-0.1, -0.05) is 19.3 Å². The summed E-state index contributed by atoms with van der Waals surface area (Å²) in [6, 6.07) is 0. The zero-order valence-electron chi connectivity index (χ0n) is 8.13. The molecule has 0 saturated heterocycles. The predicted molar refractivity (Wildman–Crippen MR) is 57.1 cm³/mol. The Morgan fingerprint density at radius 1 is 1.08 bits per heavy atom. The zero-order chi connectivity index (χ0) is 9.10. The summed E-state index contributed by atoms with van der Waals surface area (Å²) in [7, 11) is 0. The molecule has 2 rings (SSSR count). The lowest BCUT2D eigenvalue weighted by molar-refractivity contribution is -0.117. The highest BCUT2D eigenvalue weighted by atomic mass is 32.2. The number of thioether (sulfide) groups is 1. The summed E-state index contributed by atoms with van der Waals surface area (Å²) in [5.74, 6) is 1.79. The average Bonchev–Trinajstić information content (AvgIpc) is 2.99. The molecule has 2 aliphatic carbocycles. The second-order valence-corrected chi connectivity index (χ2v) is 5.60. The molecule has 0 aromatic rings. The Labute approximate surface area is 84.7 Å². The van der Waals surface area contributed by atoms with Crippen molar-refractivity contribution in [3.8, 4) is 0 Å². The first-order chi connectivity index (χ1) is 6.36. The van der Waals surface area contributed by atoms with E-state index in [1.54, 1.807) is 0 Å². The fraction of sp³-hybridized carbons (Fsp3) is 0.909. The highest BCUT2D eigenvalue weighted by Gasteiger charge is 2.29. The lowest BCUT2D eigenvalue weighted by Gasteiger charge is -2.20. The van der Waals surface area contributed by atoms with Crippen LogP contribution < -0.4 is 0 Å². The molecule has 74 valence electrons. The van der Waals surface area contributed by atoms with Crippen LogP contribution in [-0.4, -0.2) is 16.8 Å². The third-order valence-electron chi connectivity index (χ3n) is 3.05. The van der Waals surface area contributed by atoms with Gasteiger partial charge < -0.3 is 0 Å². The summed E-state index contributed by atoms with van der Waals surface area (Å²) in [6.45, 7) is 0. The first-order valence-electron chi connectivity index (χ1n) is 5.50. The zero-order valence-corrected chi connectivity index (χ0v) is 8.94. The summed E-state index contributed by atoms with van der Waals surface area (Å²) >= 11 is 1.92. The van der Waals surface area contributed by atoms with E-state index in [9.17, 15) is 4.79 Å². The van der Waals surface area contributed by atoms with Crippen LogP contribution in [0.3, 0.4) is 0 Å². The van der Waals surface area contributed by atoms with Crippen LogP contribution in [-0.2, 0) is 4.79 Å². The van der Waals surface area contributed by atoms with E-state index in [0.717, 1.165) is 11.0 Å². The second kappa shape index (κ2) is 4.50. The lowest BCUT2D eigenvalue weighted by Crippen LogP contribution is -2.12. The minimum Gasteiger partial charge on any atom is -0.298 e. The predicted octanol–water partition coefficient (Wildman–Crippen LogP) is 3.03. The Morgan fingerprint density at radius 3 is 2.38 bits per heavy atom. The molecule has 2 saturated carbocycles. The molecule has 0 amide bonds. The molecule has 0 aliphatic heterocycles. The van der Waals surface area contributed by atoms with Crippen LogP contribution in [0.15, 0.2) is 0 Å². The smallest absolute Gasteiger partial charge is 0.145 e. The van der Waals surface area contributed by atoms with E-state index >= 15 is 0 Å². The molecule has 2 aliphatic rings. The number of ketones is 1. The van der Waals surface area contributed by atoms with E-state index in [0.29, 0.717) is 11.7 Å². The molecule has 0 unspecified atom stereocenters. The van der Waals surface area contributed by atoms with E-state index in [-0.39, 0.29) is 0 Å². The number of Topliss-reactive ketones (excluding diaryl/α,β-unsaturated/α-hetero) is 1. The van der Waals surface area contributed by atoms with Crippen molar-refractivity contribution >= 4 is 17.5 Å². The fourth-order valence-corrected chi connectivity index (χ4v) is 3.26. The van der Waals surface area contributed by atoms with Gasteiger partial charge >= 0.3 is 0 Å².